The molecule has 0 atom stereocenters. The Balaban J connectivity index is 2.18. The van der Waals surface area contributed by atoms with Gasteiger partial charge >= 0.3 is 0 Å². The summed E-state index contributed by atoms with van der Waals surface area (Å²) in [4.78, 5) is 6.79. The quantitative estimate of drug-likeness (QED) is 0.566. The van der Waals surface area contributed by atoms with E-state index in [1.165, 1.54) is 4.90 Å². The maximum Gasteiger partial charge on any atom is 0.0769 e. The van der Waals surface area contributed by atoms with Crippen LogP contribution < -0.4 is 0 Å². The third-order valence-electron chi connectivity index (χ3n) is 2.40. The maximum absolute atomic E-state index is 6.00. The van der Waals surface area contributed by atoms with E-state index >= 15 is 0 Å². The van der Waals surface area contributed by atoms with E-state index in [2.05, 4.69) is 11.1 Å². The largest absolute Gasteiger partial charge is 0.255 e. The smallest absolute Gasteiger partial charge is 0.0769 e. The minimum Gasteiger partial charge on any atom is -0.255 e. The molecule has 0 bridgehead atoms. The molecule has 0 aliphatic carbocycles. The number of fused-ring (bicyclic) bond motifs is 2. The Morgan fingerprint density at radius 2 is 1.88 bits per heavy atom. The summed E-state index contributed by atoms with van der Waals surface area (Å²) >= 11 is 7.71. The highest BCUT2D eigenvalue weighted by atomic mass is 35.5. The highest BCUT2D eigenvalue weighted by Crippen LogP contribution is 2.39. The lowest BCUT2D eigenvalue weighted by atomic mass is 10.2. The van der Waals surface area contributed by atoms with E-state index < -0.39 is 0 Å². The number of rotatable bonds is 0. The predicted octanol–water partition coefficient (Wildman–Crippen LogP) is 4.56. The Labute approximate surface area is 103 Å². The van der Waals surface area contributed by atoms with E-state index in [0.29, 0.717) is 0 Å². The lowest BCUT2D eigenvalue weighted by molar-refractivity contribution is 1.39. The van der Waals surface area contributed by atoms with Gasteiger partial charge in [0.2, 0.25) is 0 Å². The van der Waals surface area contributed by atoms with Gasteiger partial charge in [0, 0.05) is 26.6 Å². The Morgan fingerprint density at radius 1 is 1.00 bits per heavy atom. The van der Waals surface area contributed by atoms with Crippen molar-refractivity contribution < 1.29 is 0 Å². The van der Waals surface area contributed by atoms with Gasteiger partial charge in [0.25, 0.3) is 0 Å². The molecule has 1 nitrogen and oxygen atoms in total. The Hall–Kier alpha value is -1.25. The van der Waals surface area contributed by atoms with Crippen LogP contribution in [0.1, 0.15) is 5.56 Å². The molecule has 78 valence electrons. The van der Waals surface area contributed by atoms with Crippen molar-refractivity contribution in [3.8, 4) is 0 Å². The minimum absolute atomic E-state index is 0.763. The number of hydrogen-bond acceptors (Lipinski definition) is 2. The average molecular weight is 246 g/mol. The molecule has 0 unspecified atom stereocenters. The molecular formula is C13H8ClNS. The molecule has 1 aliphatic rings. The number of nitrogens with zero attached hydrogens (tertiary/aromatic N) is 1. The van der Waals surface area contributed by atoms with Crippen LogP contribution in [0.15, 0.2) is 57.2 Å². The van der Waals surface area contributed by atoms with Crippen molar-refractivity contribution in [3.63, 3.8) is 0 Å². The summed E-state index contributed by atoms with van der Waals surface area (Å²) in [6, 6.07) is 14.0. The second kappa shape index (κ2) is 3.96. The Morgan fingerprint density at radius 3 is 2.81 bits per heavy atom. The Kier molecular flexibility index (Phi) is 2.46. The normalized spacial score (nSPS) is 12.8. The summed E-state index contributed by atoms with van der Waals surface area (Å²) in [6.45, 7) is 0. The zero-order valence-electron chi connectivity index (χ0n) is 8.35. The molecule has 3 heteroatoms. The molecule has 3 rings (SSSR count). The molecule has 0 radical (unpaired) electrons. The Bertz CT molecular complexity index is 578. The van der Waals surface area contributed by atoms with Crippen molar-refractivity contribution in [1.29, 1.82) is 0 Å². The molecule has 0 spiro atoms. The van der Waals surface area contributed by atoms with Crippen LogP contribution in [0.2, 0.25) is 5.02 Å². The average Bonchev–Trinajstić information content (AvgIpc) is 2.47. The van der Waals surface area contributed by atoms with Gasteiger partial charge in [-0.3, -0.25) is 4.99 Å². The van der Waals surface area contributed by atoms with E-state index in [1.807, 2.05) is 42.6 Å². The third-order valence-corrected chi connectivity index (χ3v) is 3.78. The van der Waals surface area contributed by atoms with Crippen LogP contribution in [0.3, 0.4) is 0 Å². The van der Waals surface area contributed by atoms with Crippen LogP contribution in [0, 0.1) is 0 Å². The highest BCUT2D eigenvalue weighted by Gasteiger charge is 2.10. The first kappa shape index (κ1) is 9.94. The second-order valence-corrected chi connectivity index (χ2v) is 5.03. The first-order valence-electron chi connectivity index (χ1n) is 4.93. The van der Waals surface area contributed by atoms with Gasteiger partial charge in [-0.15, -0.1) is 0 Å². The maximum atomic E-state index is 6.00. The van der Waals surface area contributed by atoms with Crippen molar-refractivity contribution in [2.45, 2.75) is 9.79 Å². The van der Waals surface area contributed by atoms with E-state index in [4.69, 9.17) is 11.6 Å². The van der Waals surface area contributed by atoms with Gasteiger partial charge in [0.15, 0.2) is 0 Å². The molecule has 0 amide bonds. The monoisotopic (exact) mass is 245 g/mol. The highest BCUT2D eigenvalue weighted by molar-refractivity contribution is 7.99. The fourth-order valence-corrected chi connectivity index (χ4v) is 2.88. The van der Waals surface area contributed by atoms with Gasteiger partial charge in [-0.2, -0.15) is 0 Å². The summed E-state index contributed by atoms with van der Waals surface area (Å²) in [7, 11) is 0. The van der Waals surface area contributed by atoms with Gasteiger partial charge in [-0.25, -0.2) is 0 Å². The number of aliphatic imine (C=N–C) groups is 1. The first-order chi connectivity index (χ1) is 7.83. The molecule has 1 heterocycles. The zero-order chi connectivity index (χ0) is 11.0. The predicted molar refractivity (Wildman–Crippen MR) is 69.3 cm³/mol. The number of para-hydroxylation sites is 1. The van der Waals surface area contributed by atoms with Gasteiger partial charge < -0.3 is 0 Å². The molecular weight excluding hydrogens is 238 g/mol. The molecule has 0 fully saturated rings. The zero-order valence-corrected chi connectivity index (χ0v) is 9.92. The van der Waals surface area contributed by atoms with Gasteiger partial charge in [0.1, 0.15) is 0 Å². The molecule has 16 heavy (non-hydrogen) atoms. The van der Waals surface area contributed by atoms with Crippen LogP contribution in [-0.2, 0) is 0 Å². The van der Waals surface area contributed by atoms with Gasteiger partial charge in [-0.1, -0.05) is 41.6 Å². The van der Waals surface area contributed by atoms with E-state index in [-0.39, 0.29) is 0 Å². The van der Waals surface area contributed by atoms with Crippen LogP contribution in [0.4, 0.5) is 5.69 Å². The first-order valence-corrected chi connectivity index (χ1v) is 6.13. The topological polar surface area (TPSA) is 12.4 Å². The van der Waals surface area contributed by atoms with Crippen molar-refractivity contribution in [1.82, 2.24) is 0 Å². The van der Waals surface area contributed by atoms with Crippen LogP contribution in [-0.4, -0.2) is 6.21 Å². The standard InChI is InChI=1S/C13H8ClNS/c14-10-6-5-9-8-15-11-3-1-2-4-12(11)16-13(9)7-10/h1-8H. The molecule has 2 aromatic carbocycles. The van der Waals surface area contributed by atoms with Crippen LogP contribution >= 0.6 is 23.4 Å². The van der Waals surface area contributed by atoms with Crippen molar-refractivity contribution in [2.75, 3.05) is 0 Å². The van der Waals surface area contributed by atoms with Crippen molar-refractivity contribution in [3.05, 3.63) is 53.1 Å². The van der Waals surface area contributed by atoms with E-state index in [9.17, 15) is 0 Å². The fraction of sp³-hybridized carbons (Fsp3) is 0. The molecule has 2 aromatic rings. The number of benzene rings is 2. The van der Waals surface area contributed by atoms with Crippen LogP contribution in [0.25, 0.3) is 0 Å². The van der Waals surface area contributed by atoms with Crippen molar-refractivity contribution in [2.24, 2.45) is 4.99 Å². The third kappa shape index (κ3) is 1.75. The molecule has 1 aliphatic heterocycles. The molecule has 0 saturated heterocycles. The van der Waals surface area contributed by atoms with Crippen LogP contribution in [0.5, 0.6) is 0 Å². The van der Waals surface area contributed by atoms with Crippen molar-refractivity contribution >= 4 is 35.3 Å². The summed E-state index contributed by atoms with van der Waals surface area (Å²) in [5.74, 6) is 0. The van der Waals surface area contributed by atoms with Gasteiger partial charge in [-0.05, 0) is 24.3 Å². The molecule has 0 aromatic heterocycles. The number of halogens is 1. The summed E-state index contributed by atoms with van der Waals surface area (Å²) in [5, 5.41) is 0.763. The molecule has 0 saturated carbocycles. The number of hydrogen-bond donors (Lipinski definition) is 0. The summed E-state index contributed by atoms with van der Waals surface area (Å²) < 4.78 is 0. The SMILES string of the molecule is Clc1ccc2c(c1)Sc1ccccc1N=C2. The molecule has 0 N–H and O–H groups in total. The fourth-order valence-electron chi connectivity index (χ4n) is 1.61. The van der Waals surface area contributed by atoms with E-state index in [1.54, 1.807) is 11.8 Å². The second-order valence-electron chi connectivity index (χ2n) is 3.51. The summed E-state index contributed by atoms with van der Waals surface area (Å²) in [5.41, 5.74) is 2.13. The summed E-state index contributed by atoms with van der Waals surface area (Å²) in [6.07, 6.45) is 1.89. The minimum atomic E-state index is 0.763. The van der Waals surface area contributed by atoms with Gasteiger partial charge in [0.05, 0.1) is 5.69 Å². The lowest BCUT2D eigenvalue weighted by Gasteiger charge is -2.04. The lowest BCUT2D eigenvalue weighted by Crippen LogP contribution is -1.82. The van der Waals surface area contributed by atoms with E-state index in [0.717, 1.165) is 21.2 Å².